The molecule has 0 spiro atoms. The molecule has 386 valence electrons. The van der Waals surface area contributed by atoms with Gasteiger partial charge in [0.05, 0.1) is 44.5 Å². The van der Waals surface area contributed by atoms with E-state index < -0.39 is 195 Å². The minimum atomic E-state index is -6.13. The molecule has 1 heterocycles. The first kappa shape index (κ1) is 56.6. The van der Waals surface area contributed by atoms with E-state index in [0.29, 0.717) is 0 Å². The summed E-state index contributed by atoms with van der Waals surface area (Å²) in [5.74, 6) is 0. The predicted octanol–water partition coefficient (Wildman–Crippen LogP) is 13.6. The van der Waals surface area contributed by atoms with Crippen molar-refractivity contribution in [1.29, 1.82) is 0 Å². The Labute approximate surface area is 394 Å². The molecule has 0 aliphatic carbocycles. The number of halogens is 25. The smallest absolute Gasteiger partial charge is 0.270 e. The van der Waals surface area contributed by atoms with Gasteiger partial charge in [-0.1, -0.05) is 87.9 Å². The van der Waals surface area contributed by atoms with E-state index in [-0.39, 0.29) is 0 Å². The summed E-state index contributed by atoms with van der Waals surface area (Å²) in [6.45, 7) is 0.747. The second-order valence-electron chi connectivity index (χ2n) is 15.1. The molecule has 71 heavy (non-hydrogen) atoms. The Hall–Kier alpha value is -5.35. The molecule has 5 aromatic carbocycles. The van der Waals surface area contributed by atoms with Crippen LogP contribution >= 0.6 is 27.3 Å². The van der Waals surface area contributed by atoms with Gasteiger partial charge < -0.3 is 0 Å². The van der Waals surface area contributed by atoms with Gasteiger partial charge in [0.2, 0.25) is 0 Å². The third kappa shape index (κ3) is 13.0. The average molecular weight is 1140 g/mol. The quantitative estimate of drug-likeness (QED) is 0.0487. The van der Waals surface area contributed by atoms with Crippen LogP contribution in [0.25, 0.3) is 10.2 Å². The van der Waals surface area contributed by atoms with Crippen LogP contribution in [0.4, 0.5) is 105 Å². The highest BCUT2D eigenvalue weighted by Crippen LogP contribution is 2.41. The molecule has 0 atom stereocenters. The van der Waals surface area contributed by atoms with E-state index in [0.717, 1.165) is 23.9 Å². The maximum absolute atomic E-state index is 14.2. The van der Waals surface area contributed by atoms with Crippen LogP contribution in [0.1, 0.15) is 50.9 Å². The molecule has 0 amide bonds. The summed E-state index contributed by atoms with van der Waals surface area (Å²) in [5.41, 5.74) is -27.1. The zero-order valence-corrected chi connectivity index (χ0v) is 36.6. The van der Waals surface area contributed by atoms with Gasteiger partial charge in [-0.15, -0.1) is 0 Å². The Kier molecular flexibility index (Phi) is 15.6. The number of hydrogen-bond donors (Lipinski definition) is 0. The Morgan fingerprint density at radius 1 is 0.394 bits per heavy atom. The van der Waals surface area contributed by atoms with Gasteiger partial charge in [-0.25, -0.2) is 0 Å². The van der Waals surface area contributed by atoms with Gasteiger partial charge in [0.15, 0.2) is 6.61 Å². The minimum Gasteiger partial charge on any atom is -0.270 e. The van der Waals surface area contributed by atoms with Crippen LogP contribution < -0.4 is 31.4 Å². The summed E-state index contributed by atoms with van der Waals surface area (Å²) in [5, 5.41) is 0.982. The third-order valence-electron chi connectivity index (χ3n) is 10.3. The Balaban J connectivity index is 0.000000569. The lowest BCUT2D eigenvalue weighted by Crippen LogP contribution is -2.75. The van der Waals surface area contributed by atoms with Crippen molar-refractivity contribution in [3.8, 4) is 0 Å². The van der Waals surface area contributed by atoms with E-state index in [9.17, 15) is 105 Å². The second-order valence-corrected chi connectivity index (χ2v) is 16.8. The zero-order valence-electron chi connectivity index (χ0n) is 34.2. The van der Waals surface area contributed by atoms with Crippen LogP contribution in [0.2, 0.25) is 0 Å². The lowest BCUT2D eigenvalue weighted by molar-refractivity contribution is -0.868. The maximum atomic E-state index is 14.2. The topological polar surface area (TPSA) is 13.1 Å². The number of aromatic nitrogens is 1. The Morgan fingerprint density at radius 2 is 0.648 bits per heavy atom. The lowest BCUT2D eigenvalue weighted by atomic mass is 9.12. The fourth-order valence-corrected chi connectivity index (χ4v) is 8.34. The van der Waals surface area contributed by atoms with E-state index in [1.165, 1.54) is 4.70 Å². The number of alkyl halides is 25. The maximum Gasteiger partial charge on any atom is 0.416 e. The van der Waals surface area contributed by atoms with Gasteiger partial charge in [-0.3, -0.25) is 4.84 Å². The number of hydrogen-bond acceptors (Lipinski definition) is 2. The van der Waals surface area contributed by atoms with E-state index in [4.69, 9.17) is 4.84 Å². The number of nitrogens with zero attached hydrogens (tertiary/aromatic N) is 1. The number of benzene rings is 5. The molecule has 0 aliphatic heterocycles. The molecule has 0 fully saturated rings. The SMILES string of the molecule is BrCCCO[n+]1csc2ccccc21.FC(F)(F)c1cc([B-](c2cc(C(F)(F)F)cc(C(F)(F)F)c2)(c2cc(C(F)(F)F)cc(C(F)(F)F)c2)c2cc(C(F)(F)F)cc(C(F)(F)F)c2)cc(C(F)(F)F)c1. The van der Waals surface area contributed by atoms with Crippen molar-refractivity contribution in [2.75, 3.05) is 11.9 Å². The van der Waals surface area contributed by atoms with Crippen LogP contribution in [0.15, 0.2) is 103 Å². The van der Waals surface area contributed by atoms with Gasteiger partial charge in [0, 0.05) is 16.1 Å². The summed E-state index contributed by atoms with van der Waals surface area (Å²) in [7, 11) is 0. The highest BCUT2D eigenvalue weighted by molar-refractivity contribution is 9.09. The first-order valence-corrected chi connectivity index (χ1v) is 21.1. The first-order valence-electron chi connectivity index (χ1n) is 19.1. The summed E-state index contributed by atoms with van der Waals surface area (Å²) < 4.78 is 344. The number of para-hydroxylation sites is 1. The summed E-state index contributed by atoms with van der Waals surface area (Å²) in [4.78, 5) is 5.60. The molecule has 0 radical (unpaired) electrons. The third-order valence-corrected chi connectivity index (χ3v) is 11.8. The molecule has 0 saturated carbocycles. The molecule has 6 aromatic rings. The van der Waals surface area contributed by atoms with E-state index in [1.54, 1.807) is 11.3 Å². The van der Waals surface area contributed by atoms with Gasteiger partial charge in [0.1, 0.15) is 10.8 Å². The fraction of sp³-hybridized carbons (Fsp3) is 0.262. The van der Waals surface area contributed by atoms with Gasteiger partial charge in [-0.2, -0.15) is 127 Å². The Bertz CT molecular complexity index is 2410. The second kappa shape index (κ2) is 19.6. The molecule has 0 saturated heterocycles. The molecule has 6 rings (SSSR count). The van der Waals surface area contributed by atoms with Crippen LogP contribution in [0, 0.1) is 0 Å². The number of thiazole rings is 1. The molecule has 0 aliphatic rings. The van der Waals surface area contributed by atoms with Crippen LogP contribution in [-0.4, -0.2) is 18.1 Å². The van der Waals surface area contributed by atoms with Crippen molar-refractivity contribution in [3.05, 3.63) is 147 Å². The van der Waals surface area contributed by atoms with Gasteiger partial charge in [-0.05, 0) is 36.8 Å². The van der Waals surface area contributed by atoms with Crippen molar-refractivity contribution in [2.45, 2.75) is 55.8 Å². The van der Waals surface area contributed by atoms with Crippen LogP contribution in [0.5, 0.6) is 0 Å². The molecule has 1 aromatic heterocycles. The lowest BCUT2D eigenvalue weighted by Gasteiger charge is -2.46. The van der Waals surface area contributed by atoms with E-state index >= 15 is 0 Å². The number of rotatable bonds is 8. The van der Waals surface area contributed by atoms with Crippen LogP contribution in [-0.2, 0) is 49.4 Å². The van der Waals surface area contributed by atoms with Gasteiger partial charge >= 0.3 is 49.4 Å². The largest absolute Gasteiger partial charge is 0.416 e. The highest BCUT2D eigenvalue weighted by atomic mass is 79.9. The molecular formula is C42H23BBrF24NOS. The standard InChI is InChI=1S/C32H12BF24.C10H11BrNOS/c34-25(35,36)13-1-14(26(37,38)39)6-21(5-13)33(22-7-15(27(40,41)42)2-16(8-22)28(43,44)45,23-9-17(29(46,47)48)3-18(10-23)30(49,50)51)24-11-19(31(52,53)54)4-20(12-24)32(55,56)57;11-6-3-7-13-12-8-14-10-5-2-1-4-9(10)12/h1-12H;1-2,4-5,8H,3,6-7H2/q-1;+1. The Morgan fingerprint density at radius 3 is 0.887 bits per heavy atom. The molecular weight excluding hydrogens is 1110 g/mol. The first-order chi connectivity index (χ1) is 32.2. The molecule has 29 heteroatoms. The molecule has 2 nitrogen and oxygen atoms in total. The molecule has 0 bridgehead atoms. The minimum absolute atomic E-state index is 0.691. The van der Waals surface area contributed by atoms with Crippen molar-refractivity contribution in [3.63, 3.8) is 0 Å². The van der Waals surface area contributed by atoms with Crippen molar-refractivity contribution >= 4 is 65.5 Å². The summed E-state index contributed by atoms with van der Waals surface area (Å²) in [6, 6.07) is -0.569. The average Bonchev–Trinajstić information content (AvgIpc) is 3.64. The predicted molar refractivity (Wildman–Crippen MR) is 212 cm³/mol. The summed E-state index contributed by atoms with van der Waals surface area (Å²) in [6.07, 6.45) is -53.8. The number of fused-ring (bicyclic) bond motifs is 1. The molecule has 0 N–H and O–H groups in total. The van der Waals surface area contributed by atoms with Crippen molar-refractivity contribution < 1.29 is 115 Å². The molecule has 0 unspecified atom stereocenters. The van der Waals surface area contributed by atoms with E-state index in [2.05, 4.69) is 28.1 Å². The highest BCUT2D eigenvalue weighted by Gasteiger charge is 2.47. The van der Waals surface area contributed by atoms with E-state index in [1.807, 2.05) is 22.4 Å². The van der Waals surface area contributed by atoms with Gasteiger partial charge in [0.25, 0.3) is 11.0 Å². The monoisotopic (exact) mass is 1140 g/mol. The van der Waals surface area contributed by atoms with Crippen molar-refractivity contribution in [1.82, 2.24) is 0 Å². The van der Waals surface area contributed by atoms with Crippen LogP contribution in [0.3, 0.4) is 0 Å². The fourth-order valence-electron chi connectivity index (χ4n) is 7.29. The van der Waals surface area contributed by atoms with Crippen molar-refractivity contribution in [2.24, 2.45) is 0 Å². The normalized spacial score (nSPS) is 13.6. The zero-order chi connectivity index (χ0) is 53.7. The summed E-state index contributed by atoms with van der Waals surface area (Å²) >= 11 is 5.07.